The lowest BCUT2D eigenvalue weighted by atomic mass is 9.92. The van der Waals surface area contributed by atoms with E-state index in [0.29, 0.717) is 21.4 Å². The molecule has 8 nitrogen and oxygen atoms in total. The molecule has 0 radical (unpaired) electrons. The normalized spacial score (nSPS) is 15.0. The highest BCUT2D eigenvalue weighted by atomic mass is 35.5. The Morgan fingerprint density at radius 1 is 1.00 bits per heavy atom. The van der Waals surface area contributed by atoms with Crippen molar-refractivity contribution < 1.29 is 9.59 Å². The number of aromatic nitrogens is 2. The molecule has 1 aliphatic heterocycles. The zero-order valence-corrected chi connectivity index (χ0v) is 18.7. The smallest absolute Gasteiger partial charge is 0.258 e. The molecule has 1 aromatic heterocycles. The van der Waals surface area contributed by atoms with Crippen LogP contribution in [0, 0.1) is 13.8 Å². The molecule has 0 saturated heterocycles. The van der Waals surface area contributed by atoms with Gasteiger partial charge >= 0.3 is 0 Å². The topological polar surface area (TPSA) is 116 Å². The van der Waals surface area contributed by atoms with Crippen LogP contribution in [0.25, 0.3) is 0 Å². The number of H-pyrrole nitrogens is 1. The van der Waals surface area contributed by atoms with Gasteiger partial charge in [-0.25, -0.2) is 0 Å². The van der Waals surface area contributed by atoms with Gasteiger partial charge in [0, 0.05) is 27.8 Å². The van der Waals surface area contributed by atoms with Crippen molar-refractivity contribution in [2.45, 2.75) is 26.2 Å². The summed E-state index contributed by atoms with van der Waals surface area (Å²) < 4.78 is 0. The maximum Gasteiger partial charge on any atom is 0.258 e. The molecule has 0 fully saturated rings. The molecule has 2 aromatic carbocycles. The van der Waals surface area contributed by atoms with Gasteiger partial charge in [0.05, 0.1) is 11.5 Å². The van der Waals surface area contributed by atoms with Crippen molar-refractivity contribution in [1.82, 2.24) is 9.97 Å². The van der Waals surface area contributed by atoms with Crippen LogP contribution in [-0.2, 0) is 9.59 Å². The minimum atomic E-state index is -0.981. The Labute approximate surface area is 193 Å². The second kappa shape index (κ2) is 8.64. The van der Waals surface area contributed by atoms with E-state index < -0.39 is 23.3 Å². The van der Waals surface area contributed by atoms with Crippen molar-refractivity contribution in [2.24, 2.45) is 0 Å². The van der Waals surface area contributed by atoms with Crippen LogP contribution >= 0.6 is 23.2 Å². The van der Waals surface area contributed by atoms with Crippen molar-refractivity contribution in [3.63, 3.8) is 0 Å². The maximum atomic E-state index is 13.0. The summed E-state index contributed by atoms with van der Waals surface area (Å²) >= 11 is 12.0. The molecule has 2 heterocycles. The molecule has 10 heteroatoms. The van der Waals surface area contributed by atoms with E-state index in [1.165, 1.54) is 0 Å². The van der Waals surface area contributed by atoms with Crippen LogP contribution in [0.2, 0.25) is 10.0 Å². The minimum Gasteiger partial charge on any atom is -0.326 e. The molecular weight excluding hydrogens is 453 g/mol. The molecule has 1 atom stereocenters. The second-order valence-corrected chi connectivity index (χ2v) is 8.50. The molecule has 2 amide bonds. The van der Waals surface area contributed by atoms with Crippen molar-refractivity contribution in [3.8, 4) is 0 Å². The molecule has 0 bridgehead atoms. The predicted octanol–water partition coefficient (Wildman–Crippen LogP) is 4.50. The van der Waals surface area contributed by atoms with Gasteiger partial charge in [-0.1, -0.05) is 29.3 Å². The van der Waals surface area contributed by atoms with Gasteiger partial charge in [0.25, 0.3) is 5.56 Å². The zero-order chi connectivity index (χ0) is 23.0. The molecule has 3 aromatic rings. The van der Waals surface area contributed by atoms with Gasteiger partial charge < -0.3 is 16.0 Å². The monoisotopic (exact) mass is 471 g/mol. The second-order valence-electron chi connectivity index (χ2n) is 7.63. The molecule has 0 spiro atoms. The van der Waals surface area contributed by atoms with E-state index in [2.05, 4.69) is 25.9 Å². The van der Waals surface area contributed by atoms with E-state index in [1.807, 2.05) is 32.0 Å². The Kier molecular flexibility index (Phi) is 5.90. The molecule has 0 aliphatic carbocycles. The molecular formula is C22H19Cl2N5O3. The number of nitrogens with zero attached hydrogens (tertiary/aromatic N) is 1. The average molecular weight is 472 g/mol. The quantitative estimate of drug-likeness (QED) is 0.446. The van der Waals surface area contributed by atoms with E-state index in [9.17, 15) is 14.4 Å². The predicted molar refractivity (Wildman–Crippen MR) is 125 cm³/mol. The number of aryl methyl sites for hydroxylation is 2. The Bertz CT molecular complexity index is 1260. The van der Waals surface area contributed by atoms with Crippen LogP contribution in [0.4, 0.5) is 23.1 Å². The Morgan fingerprint density at radius 2 is 1.66 bits per heavy atom. The number of halogens is 2. The lowest BCUT2D eigenvalue weighted by Crippen LogP contribution is -2.36. The summed E-state index contributed by atoms with van der Waals surface area (Å²) in [5.41, 5.74) is 2.63. The van der Waals surface area contributed by atoms with Crippen LogP contribution < -0.4 is 21.5 Å². The Hall–Kier alpha value is -3.36. The largest absolute Gasteiger partial charge is 0.326 e. The fraction of sp³-hybridized carbons (Fsp3) is 0.182. The summed E-state index contributed by atoms with van der Waals surface area (Å²) in [6.07, 6.45) is -0.162. The fourth-order valence-electron chi connectivity index (χ4n) is 3.69. The third-order valence-corrected chi connectivity index (χ3v) is 5.32. The molecule has 0 unspecified atom stereocenters. The maximum absolute atomic E-state index is 13.0. The lowest BCUT2D eigenvalue weighted by Gasteiger charge is -2.24. The zero-order valence-electron chi connectivity index (χ0n) is 17.2. The SMILES string of the molecule is Cc1cc(C)cc(NC(=O)[C@H]2CC(=O)Nc3nc(Nc4cc(Cl)cc(Cl)c4)[nH]c(=O)c32)c1. The van der Waals surface area contributed by atoms with Gasteiger partial charge in [-0.2, -0.15) is 4.98 Å². The third-order valence-electron chi connectivity index (χ3n) is 4.88. The molecule has 1 aliphatic rings. The highest BCUT2D eigenvalue weighted by Crippen LogP contribution is 2.31. The molecule has 0 saturated carbocycles. The first-order valence-electron chi connectivity index (χ1n) is 9.74. The average Bonchev–Trinajstić information content (AvgIpc) is 2.65. The van der Waals surface area contributed by atoms with Crippen molar-refractivity contribution in [3.05, 3.63) is 73.5 Å². The van der Waals surface area contributed by atoms with E-state index in [1.54, 1.807) is 18.2 Å². The van der Waals surface area contributed by atoms with Gasteiger partial charge in [0.2, 0.25) is 17.8 Å². The molecule has 32 heavy (non-hydrogen) atoms. The van der Waals surface area contributed by atoms with Crippen LogP contribution in [0.1, 0.15) is 29.0 Å². The number of carbonyl (C=O) groups excluding carboxylic acids is 2. The Morgan fingerprint density at radius 3 is 2.31 bits per heavy atom. The van der Waals surface area contributed by atoms with Crippen LogP contribution in [-0.4, -0.2) is 21.8 Å². The van der Waals surface area contributed by atoms with Gasteiger partial charge in [-0.3, -0.25) is 19.4 Å². The number of hydrogen-bond donors (Lipinski definition) is 4. The highest BCUT2D eigenvalue weighted by Gasteiger charge is 2.34. The number of amides is 2. The number of rotatable bonds is 4. The van der Waals surface area contributed by atoms with Gasteiger partial charge in [0.1, 0.15) is 5.82 Å². The number of nitrogens with one attached hydrogen (secondary N) is 4. The number of hydrogen-bond acceptors (Lipinski definition) is 5. The molecule has 164 valence electrons. The van der Waals surface area contributed by atoms with Crippen LogP contribution in [0.5, 0.6) is 0 Å². The lowest BCUT2D eigenvalue weighted by molar-refractivity contribution is -0.123. The first-order chi connectivity index (χ1) is 15.2. The number of fused-ring (bicyclic) bond motifs is 1. The fourth-order valence-corrected chi connectivity index (χ4v) is 4.22. The first kappa shape index (κ1) is 21.9. The molecule has 4 rings (SSSR count). The summed E-state index contributed by atoms with van der Waals surface area (Å²) in [4.78, 5) is 45.0. The van der Waals surface area contributed by atoms with Gasteiger partial charge in [0.15, 0.2) is 0 Å². The number of carbonyl (C=O) groups is 2. The van der Waals surface area contributed by atoms with E-state index in [4.69, 9.17) is 23.2 Å². The minimum absolute atomic E-state index is 0.0289. The van der Waals surface area contributed by atoms with Crippen LogP contribution in [0.3, 0.4) is 0 Å². The van der Waals surface area contributed by atoms with Crippen molar-refractivity contribution in [2.75, 3.05) is 16.0 Å². The highest BCUT2D eigenvalue weighted by molar-refractivity contribution is 6.35. The summed E-state index contributed by atoms with van der Waals surface area (Å²) in [7, 11) is 0. The first-order valence-corrected chi connectivity index (χ1v) is 10.5. The van der Waals surface area contributed by atoms with E-state index in [-0.39, 0.29) is 23.8 Å². The number of anilines is 4. The summed E-state index contributed by atoms with van der Waals surface area (Å²) in [5, 5.41) is 9.08. The standard InChI is InChI=1S/C22H19Cl2N5O3/c1-10-3-11(2)5-14(4-10)25-20(31)16-9-17(30)27-19-18(16)21(32)29-22(28-19)26-15-7-12(23)6-13(24)8-15/h3-8,16H,9H2,1-2H3,(H,25,31)(H3,26,27,28,29,30,32)/t16-/m0/s1. The van der Waals surface area contributed by atoms with E-state index >= 15 is 0 Å². The third kappa shape index (κ3) is 4.76. The Balaban J connectivity index is 1.65. The van der Waals surface area contributed by atoms with Gasteiger partial charge in [-0.15, -0.1) is 0 Å². The summed E-state index contributed by atoms with van der Waals surface area (Å²) in [6.45, 7) is 3.84. The van der Waals surface area contributed by atoms with E-state index in [0.717, 1.165) is 11.1 Å². The van der Waals surface area contributed by atoms with Crippen LogP contribution in [0.15, 0.2) is 41.2 Å². The molecule has 4 N–H and O–H groups in total. The number of aromatic amines is 1. The van der Waals surface area contributed by atoms with Crippen molar-refractivity contribution >= 4 is 58.2 Å². The summed E-state index contributed by atoms with van der Waals surface area (Å²) in [6, 6.07) is 10.4. The summed E-state index contributed by atoms with van der Waals surface area (Å²) in [5.74, 6) is -1.75. The number of benzene rings is 2. The van der Waals surface area contributed by atoms with Gasteiger partial charge in [-0.05, 0) is 55.3 Å². The van der Waals surface area contributed by atoms with Crippen molar-refractivity contribution in [1.29, 1.82) is 0 Å².